The minimum atomic E-state index is -0.599. The first-order chi connectivity index (χ1) is 8.48. The number of nitrogens with one attached hydrogen (secondary N) is 1. The Morgan fingerprint density at radius 3 is 2.44 bits per heavy atom. The van der Waals surface area contributed by atoms with Crippen molar-refractivity contribution < 1.29 is 14.3 Å². The van der Waals surface area contributed by atoms with Gasteiger partial charge in [0.25, 0.3) is 5.91 Å². The average molecular weight is 253 g/mol. The quantitative estimate of drug-likeness (QED) is 0.846. The standard InChI is InChI=1S/C14H20FNO2/c1-4-14(5-2,9-17)16-13(18)12-7-6-11(15)8-10(12)3/h6-8,17H,4-5,9H2,1-3H3,(H,16,18). The van der Waals surface area contributed by atoms with Gasteiger partial charge in [0, 0.05) is 5.56 Å². The zero-order valence-electron chi connectivity index (χ0n) is 11.1. The lowest BCUT2D eigenvalue weighted by Gasteiger charge is -2.31. The van der Waals surface area contributed by atoms with Crippen molar-refractivity contribution in [3.63, 3.8) is 0 Å². The SMILES string of the molecule is CCC(CC)(CO)NC(=O)c1ccc(F)cc1C. The lowest BCUT2D eigenvalue weighted by atomic mass is 9.93. The molecule has 0 bridgehead atoms. The van der Waals surface area contributed by atoms with E-state index in [2.05, 4.69) is 5.32 Å². The van der Waals surface area contributed by atoms with Gasteiger partial charge in [0.1, 0.15) is 5.82 Å². The topological polar surface area (TPSA) is 49.3 Å². The van der Waals surface area contributed by atoms with Crippen LogP contribution in [0.5, 0.6) is 0 Å². The second-order valence-corrected chi connectivity index (χ2v) is 4.56. The maximum atomic E-state index is 13.0. The summed E-state index contributed by atoms with van der Waals surface area (Å²) in [5.74, 6) is -0.631. The van der Waals surface area contributed by atoms with Crippen LogP contribution in [-0.2, 0) is 0 Å². The number of hydrogen-bond donors (Lipinski definition) is 2. The minimum Gasteiger partial charge on any atom is -0.394 e. The molecule has 0 radical (unpaired) electrons. The molecule has 1 aromatic rings. The van der Waals surface area contributed by atoms with E-state index in [1.54, 1.807) is 6.92 Å². The number of hydrogen-bond acceptors (Lipinski definition) is 2. The summed E-state index contributed by atoms with van der Waals surface area (Å²) >= 11 is 0. The van der Waals surface area contributed by atoms with Gasteiger partial charge in [-0.2, -0.15) is 0 Å². The molecule has 0 spiro atoms. The lowest BCUT2D eigenvalue weighted by molar-refractivity contribution is 0.0817. The van der Waals surface area contributed by atoms with Crippen molar-refractivity contribution in [3.05, 3.63) is 35.1 Å². The fraction of sp³-hybridized carbons (Fsp3) is 0.500. The number of carbonyl (C=O) groups excluding carboxylic acids is 1. The van der Waals surface area contributed by atoms with Crippen LogP contribution in [0.3, 0.4) is 0 Å². The van der Waals surface area contributed by atoms with Crippen LogP contribution in [0.1, 0.15) is 42.6 Å². The van der Waals surface area contributed by atoms with Crippen molar-refractivity contribution in [3.8, 4) is 0 Å². The summed E-state index contributed by atoms with van der Waals surface area (Å²) in [6.45, 7) is 5.41. The molecule has 0 aromatic heterocycles. The Labute approximate surface area is 107 Å². The Balaban J connectivity index is 2.94. The van der Waals surface area contributed by atoms with Crippen molar-refractivity contribution in [1.82, 2.24) is 5.32 Å². The molecule has 1 rings (SSSR count). The molecule has 100 valence electrons. The Kier molecular flexibility index (Phi) is 4.84. The number of aliphatic hydroxyl groups excluding tert-OH is 1. The summed E-state index contributed by atoms with van der Waals surface area (Å²) < 4.78 is 13.0. The molecule has 1 aromatic carbocycles. The van der Waals surface area contributed by atoms with Crippen LogP contribution in [0.4, 0.5) is 4.39 Å². The van der Waals surface area contributed by atoms with Gasteiger partial charge in [-0.25, -0.2) is 4.39 Å². The summed E-state index contributed by atoms with van der Waals surface area (Å²) in [6.07, 6.45) is 1.29. The molecular weight excluding hydrogens is 233 g/mol. The zero-order valence-corrected chi connectivity index (χ0v) is 11.1. The maximum absolute atomic E-state index is 13.0. The molecule has 0 heterocycles. The predicted octanol–water partition coefficient (Wildman–Crippen LogP) is 2.42. The first-order valence-electron chi connectivity index (χ1n) is 6.17. The fourth-order valence-electron chi connectivity index (χ4n) is 1.88. The van der Waals surface area contributed by atoms with Crippen molar-refractivity contribution in [2.24, 2.45) is 0 Å². The summed E-state index contributed by atoms with van der Waals surface area (Å²) in [7, 11) is 0. The van der Waals surface area contributed by atoms with Gasteiger partial charge < -0.3 is 10.4 Å². The number of aliphatic hydroxyl groups is 1. The smallest absolute Gasteiger partial charge is 0.252 e. The van der Waals surface area contributed by atoms with Gasteiger partial charge in [0.2, 0.25) is 0 Å². The van der Waals surface area contributed by atoms with Crippen LogP contribution in [0.25, 0.3) is 0 Å². The van der Waals surface area contributed by atoms with E-state index in [4.69, 9.17) is 0 Å². The third-order valence-corrected chi connectivity index (χ3v) is 3.47. The molecule has 3 nitrogen and oxygen atoms in total. The van der Waals surface area contributed by atoms with Crippen molar-refractivity contribution >= 4 is 5.91 Å². The Bertz CT molecular complexity index is 420. The highest BCUT2D eigenvalue weighted by molar-refractivity contribution is 5.96. The number of amides is 1. The number of aryl methyl sites for hydroxylation is 1. The van der Waals surface area contributed by atoms with E-state index >= 15 is 0 Å². The molecule has 0 aliphatic rings. The number of benzene rings is 1. The molecule has 0 unspecified atom stereocenters. The van der Waals surface area contributed by atoms with Crippen LogP contribution in [-0.4, -0.2) is 23.2 Å². The van der Waals surface area contributed by atoms with E-state index in [-0.39, 0.29) is 18.3 Å². The molecule has 0 aliphatic carbocycles. The Hall–Kier alpha value is -1.42. The highest BCUT2D eigenvalue weighted by atomic mass is 19.1. The highest BCUT2D eigenvalue weighted by Gasteiger charge is 2.28. The third kappa shape index (κ3) is 3.07. The number of halogens is 1. The second kappa shape index (κ2) is 5.96. The van der Waals surface area contributed by atoms with E-state index in [9.17, 15) is 14.3 Å². The van der Waals surface area contributed by atoms with Crippen LogP contribution in [0.15, 0.2) is 18.2 Å². The van der Waals surface area contributed by atoms with Gasteiger partial charge >= 0.3 is 0 Å². The molecule has 0 saturated heterocycles. The molecule has 1 amide bonds. The zero-order chi connectivity index (χ0) is 13.8. The molecular formula is C14H20FNO2. The summed E-state index contributed by atoms with van der Waals surface area (Å²) in [4.78, 5) is 12.1. The van der Waals surface area contributed by atoms with Gasteiger partial charge in [-0.3, -0.25) is 4.79 Å². The summed E-state index contributed by atoms with van der Waals surface area (Å²) in [6, 6.07) is 4.06. The summed E-state index contributed by atoms with van der Waals surface area (Å²) in [5, 5.41) is 12.3. The van der Waals surface area contributed by atoms with Crippen LogP contribution >= 0.6 is 0 Å². The predicted molar refractivity (Wildman–Crippen MR) is 69.0 cm³/mol. The van der Waals surface area contributed by atoms with Crippen LogP contribution in [0.2, 0.25) is 0 Å². The summed E-state index contributed by atoms with van der Waals surface area (Å²) in [5.41, 5.74) is 0.431. The van der Waals surface area contributed by atoms with Gasteiger partial charge in [-0.05, 0) is 43.5 Å². The monoisotopic (exact) mass is 253 g/mol. The second-order valence-electron chi connectivity index (χ2n) is 4.56. The molecule has 4 heteroatoms. The molecule has 0 saturated carbocycles. The fourth-order valence-corrected chi connectivity index (χ4v) is 1.88. The van der Waals surface area contributed by atoms with E-state index in [1.165, 1.54) is 18.2 Å². The van der Waals surface area contributed by atoms with Crippen molar-refractivity contribution in [2.75, 3.05) is 6.61 Å². The average Bonchev–Trinajstić information content (AvgIpc) is 2.36. The first-order valence-corrected chi connectivity index (χ1v) is 6.17. The van der Waals surface area contributed by atoms with Crippen LogP contribution in [0, 0.1) is 12.7 Å². The number of rotatable bonds is 5. The van der Waals surface area contributed by atoms with Crippen LogP contribution < -0.4 is 5.32 Å². The lowest BCUT2D eigenvalue weighted by Crippen LogP contribution is -2.50. The van der Waals surface area contributed by atoms with E-state index in [0.29, 0.717) is 24.0 Å². The maximum Gasteiger partial charge on any atom is 0.252 e. The molecule has 0 aliphatic heterocycles. The molecule has 0 fully saturated rings. The van der Waals surface area contributed by atoms with Gasteiger partial charge in [-0.1, -0.05) is 13.8 Å². The van der Waals surface area contributed by atoms with E-state index in [0.717, 1.165) is 0 Å². The molecule has 2 N–H and O–H groups in total. The van der Waals surface area contributed by atoms with Crippen molar-refractivity contribution in [2.45, 2.75) is 39.2 Å². The molecule has 0 atom stereocenters. The van der Waals surface area contributed by atoms with Gasteiger partial charge in [-0.15, -0.1) is 0 Å². The first kappa shape index (κ1) is 14.6. The van der Waals surface area contributed by atoms with E-state index < -0.39 is 5.54 Å². The molecule has 18 heavy (non-hydrogen) atoms. The van der Waals surface area contributed by atoms with E-state index in [1.807, 2.05) is 13.8 Å². The highest BCUT2D eigenvalue weighted by Crippen LogP contribution is 2.17. The third-order valence-electron chi connectivity index (χ3n) is 3.47. The van der Waals surface area contributed by atoms with Gasteiger partial charge in [0.15, 0.2) is 0 Å². The number of carbonyl (C=O) groups is 1. The Morgan fingerprint density at radius 1 is 1.39 bits per heavy atom. The largest absolute Gasteiger partial charge is 0.394 e. The van der Waals surface area contributed by atoms with Gasteiger partial charge in [0.05, 0.1) is 12.1 Å². The Morgan fingerprint density at radius 2 is 2.00 bits per heavy atom. The van der Waals surface area contributed by atoms with Crippen molar-refractivity contribution in [1.29, 1.82) is 0 Å². The minimum absolute atomic E-state index is 0.105. The normalized spacial score (nSPS) is 11.4.